The molecule has 0 radical (unpaired) electrons. The van der Waals surface area contributed by atoms with Gasteiger partial charge in [0.1, 0.15) is 11.6 Å². The van der Waals surface area contributed by atoms with Gasteiger partial charge >= 0.3 is 0 Å². The van der Waals surface area contributed by atoms with Gasteiger partial charge in [0.2, 0.25) is 0 Å². The number of halogens is 3. The van der Waals surface area contributed by atoms with E-state index in [4.69, 9.17) is 23.2 Å². The van der Waals surface area contributed by atoms with Gasteiger partial charge in [-0.25, -0.2) is 9.97 Å². The molecule has 0 aliphatic rings. The van der Waals surface area contributed by atoms with Crippen molar-refractivity contribution in [2.75, 3.05) is 12.4 Å². The molecule has 0 aliphatic heterocycles. The lowest BCUT2D eigenvalue weighted by molar-refractivity contribution is 0.784. The van der Waals surface area contributed by atoms with E-state index < -0.39 is 0 Å². The lowest BCUT2D eigenvalue weighted by atomic mass is 10.1. The summed E-state index contributed by atoms with van der Waals surface area (Å²) in [6.07, 6.45) is 0.518. The summed E-state index contributed by atoms with van der Waals surface area (Å²) in [5, 5.41) is 4.40. The van der Waals surface area contributed by atoms with Gasteiger partial charge in [-0.05, 0) is 46.2 Å². The van der Waals surface area contributed by atoms with Gasteiger partial charge in [-0.2, -0.15) is 0 Å². The highest BCUT2D eigenvalue weighted by atomic mass is 127. The minimum Gasteiger partial charge on any atom is -0.372 e. The van der Waals surface area contributed by atoms with Gasteiger partial charge in [-0.1, -0.05) is 43.1 Å². The third kappa shape index (κ3) is 3.79. The minimum atomic E-state index is 0.326. The Morgan fingerprint density at radius 2 is 1.81 bits per heavy atom. The lowest BCUT2D eigenvalue weighted by Gasteiger charge is -2.14. The monoisotopic (exact) mass is 435 g/mol. The van der Waals surface area contributed by atoms with Crippen molar-refractivity contribution in [2.24, 2.45) is 0 Å². The smallest absolute Gasteiger partial charge is 0.143 e. The van der Waals surface area contributed by atoms with Crippen molar-refractivity contribution in [3.8, 4) is 0 Å². The first-order chi connectivity index (χ1) is 9.93. The first-order valence-corrected chi connectivity index (χ1v) is 8.44. The average molecular weight is 436 g/mol. The molecule has 0 unspecified atom stereocenters. The molecule has 0 amide bonds. The molecule has 0 aliphatic carbocycles. The fourth-order valence-electron chi connectivity index (χ4n) is 2.00. The van der Waals surface area contributed by atoms with E-state index in [1.165, 1.54) is 0 Å². The van der Waals surface area contributed by atoms with Gasteiger partial charge in [0, 0.05) is 23.5 Å². The molecule has 0 bridgehead atoms. The van der Waals surface area contributed by atoms with Gasteiger partial charge in [0.25, 0.3) is 0 Å². The molecule has 0 saturated heterocycles. The quantitative estimate of drug-likeness (QED) is 0.675. The van der Waals surface area contributed by atoms with Crippen molar-refractivity contribution in [2.45, 2.75) is 26.2 Å². The Labute approximate surface area is 148 Å². The maximum atomic E-state index is 6.23. The van der Waals surface area contributed by atoms with Crippen molar-refractivity contribution in [1.82, 2.24) is 9.97 Å². The Morgan fingerprint density at radius 1 is 1.19 bits per heavy atom. The standard InChI is InChI=1S/C15H16Cl2IN3/c1-8(2)14-13(18)15(19-3)21-12(20-14)7-9-10(16)5-4-6-11(9)17/h4-6,8H,7H2,1-3H3,(H,19,20,21). The third-order valence-corrected chi connectivity index (χ3v) is 4.88. The van der Waals surface area contributed by atoms with Gasteiger partial charge in [-0.15, -0.1) is 0 Å². The predicted molar refractivity (Wildman–Crippen MR) is 97.7 cm³/mol. The first kappa shape index (κ1) is 16.8. The van der Waals surface area contributed by atoms with E-state index in [1.54, 1.807) is 0 Å². The van der Waals surface area contributed by atoms with Crippen LogP contribution in [-0.2, 0) is 6.42 Å². The number of rotatable bonds is 4. The molecule has 2 rings (SSSR count). The largest absolute Gasteiger partial charge is 0.372 e. The van der Waals surface area contributed by atoms with Gasteiger partial charge < -0.3 is 5.32 Å². The summed E-state index contributed by atoms with van der Waals surface area (Å²) < 4.78 is 1.05. The van der Waals surface area contributed by atoms with E-state index in [1.807, 2.05) is 25.2 Å². The van der Waals surface area contributed by atoms with Crippen LogP contribution in [0.2, 0.25) is 10.0 Å². The zero-order valence-electron chi connectivity index (χ0n) is 12.0. The van der Waals surface area contributed by atoms with Crippen molar-refractivity contribution in [3.05, 3.63) is 48.9 Å². The van der Waals surface area contributed by atoms with Crippen LogP contribution in [0.15, 0.2) is 18.2 Å². The van der Waals surface area contributed by atoms with Crippen LogP contribution in [0.5, 0.6) is 0 Å². The van der Waals surface area contributed by atoms with E-state index in [0.29, 0.717) is 22.4 Å². The molecule has 2 aromatic rings. The second-order valence-corrected chi connectivity index (χ2v) is 6.86. The molecule has 0 fully saturated rings. The first-order valence-electron chi connectivity index (χ1n) is 6.61. The maximum Gasteiger partial charge on any atom is 0.143 e. The zero-order valence-corrected chi connectivity index (χ0v) is 15.7. The topological polar surface area (TPSA) is 37.8 Å². The van der Waals surface area contributed by atoms with E-state index in [-0.39, 0.29) is 0 Å². The Balaban J connectivity index is 2.47. The van der Waals surface area contributed by atoms with E-state index in [9.17, 15) is 0 Å². The molecule has 112 valence electrons. The molecule has 1 aromatic heterocycles. The number of anilines is 1. The summed E-state index contributed by atoms with van der Waals surface area (Å²) in [6.45, 7) is 4.24. The Morgan fingerprint density at radius 3 is 2.33 bits per heavy atom. The molecule has 0 saturated carbocycles. The number of hydrogen-bond acceptors (Lipinski definition) is 3. The van der Waals surface area contributed by atoms with E-state index in [0.717, 1.165) is 26.5 Å². The van der Waals surface area contributed by atoms with Gasteiger partial charge in [0.05, 0.1) is 9.26 Å². The average Bonchev–Trinajstić information content (AvgIpc) is 2.44. The fourth-order valence-corrected chi connectivity index (χ4v) is 3.66. The SMILES string of the molecule is CNc1nc(Cc2c(Cl)cccc2Cl)nc(C(C)C)c1I. The van der Waals surface area contributed by atoms with Crippen LogP contribution in [0, 0.1) is 3.57 Å². The molecule has 1 aromatic carbocycles. The summed E-state index contributed by atoms with van der Waals surface area (Å²) in [6, 6.07) is 5.50. The van der Waals surface area contributed by atoms with Crippen molar-refractivity contribution in [3.63, 3.8) is 0 Å². The van der Waals surface area contributed by atoms with Crippen LogP contribution < -0.4 is 5.32 Å². The molecule has 6 heteroatoms. The third-order valence-electron chi connectivity index (χ3n) is 3.10. The molecule has 0 atom stereocenters. The second kappa shape index (κ2) is 7.11. The van der Waals surface area contributed by atoms with E-state index in [2.05, 4.69) is 51.7 Å². The summed E-state index contributed by atoms with van der Waals surface area (Å²) in [5.41, 5.74) is 1.90. The minimum absolute atomic E-state index is 0.326. The van der Waals surface area contributed by atoms with Crippen LogP contribution in [-0.4, -0.2) is 17.0 Å². The molecule has 1 N–H and O–H groups in total. The van der Waals surface area contributed by atoms with Crippen molar-refractivity contribution >= 4 is 51.6 Å². The highest BCUT2D eigenvalue weighted by molar-refractivity contribution is 14.1. The molecule has 1 heterocycles. The highest BCUT2D eigenvalue weighted by Crippen LogP contribution is 2.29. The second-order valence-electron chi connectivity index (χ2n) is 4.97. The van der Waals surface area contributed by atoms with Gasteiger partial charge in [-0.3, -0.25) is 0 Å². The predicted octanol–water partition coefficient (Wildman–Crippen LogP) is 5.14. The van der Waals surface area contributed by atoms with Gasteiger partial charge in [0.15, 0.2) is 0 Å². The van der Waals surface area contributed by atoms with Crippen molar-refractivity contribution < 1.29 is 0 Å². The van der Waals surface area contributed by atoms with Crippen LogP contribution in [0.25, 0.3) is 0 Å². The summed E-state index contributed by atoms with van der Waals surface area (Å²) in [5.74, 6) is 1.89. The maximum absolute atomic E-state index is 6.23. The molecular formula is C15H16Cl2IN3. The van der Waals surface area contributed by atoms with Crippen LogP contribution in [0.1, 0.15) is 36.8 Å². The van der Waals surface area contributed by atoms with Crippen molar-refractivity contribution in [1.29, 1.82) is 0 Å². The van der Waals surface area contributed by atoms with E-state index >= 15 is 0 Å². The van der Waals surface area contributed by atoms with Crippen LogP contribution in [0.3, 0.4) is 0 Å². The summed E-state index contributed by atoms with van der Waals surface area (Å²) in [4.78, 5) is 9.25. The molecule has 21 heavy (non-hydrogen) atoms. The number of aromatic nitrogens is 2. The molecular weight excluding hydrogens is 420 g/mol. The Hall–Kier alpha value is -0.590. The summed E-state index contributed by atoms with van der Waals surface area (Å²) >= 11 is 14.7. The fraction of sp³-hybridized carbons (Fsp3) is 0.333. The van der Waals surface area contributed by atoms with Crippen LogP contribution in [0.4, 0.5) is 5.82 Å². The summed E-state index contributed by atoms with van der Waals surface area (Å²) in [7, 11) is 1.86. The Bertz CT molecular complexity index is 639. The number of nitrogens with zero attached hydrogens (tertiary/aromatic N) is 2. The molecule has 3 nitrogen and oxygen atoms in total. The molecule has 0 spiro atoms. The normalized spacial score (nSPS) is 11.0. The number of nitrogens with one attached hydrogen (secondary N) is 1. The van der Waals surface area contributed by atoms with Crippen LogP contribution >= 0.6 is 45.8 Å². The highest BCUT2D eigenvalue weighted by Gasteiger charge is 2.16. The Kier molecular flexibility index (Phi) is 5.68. The number of benzene rings is 1. The lowest BCUT2D eigenvalue weighted by Crippen LogP contribution is -2.09. The zero-order chi connectivity index (χ0) is 15.6. The number of hydrogen-bond donors (Lipinski definition) is 1.